The lowest BCUT2D eigenvalue weighted by Gasteiger charge is -2.10. The third-order valence-corrected chi connectivity index (χ3v) is 2.15. The van der Waals surface area contributed by atoms with Crippen LogP contribution in [0.4, 0.5) is 0 Å². The average molecular weight is 192 g/mol. The van der Waals surface area contributed by atoms with Gasteiger partial charge in [0.2, 0.25) is 0 Å². The number of halogens is 1. The fraction of sp³-hybridized carbons (Fsp3) is 1.00. The van der Waals surface area contributed by atoms with Gasteiger partial charge in [-0.1, -0.05) is 22.9 Å². The third kappa shape index (κ3) is 2.67. The molecule has 0 aliphatic carbocycles. The molecule has 0 radical (unpaired) electrons. The van der Waals surface area contributed by atoms with Crippen LogP contribution in [-0.2, 0) is 0 Å². The van der Waals surface area contributed by atoms with Crippen molar-refractivity contribution in [3.63, 3.8) is 0 Å². The van der Waals surface area contributed by atoms with E-state index in [9.17, 15) is 0 Å². The number of alkyl halides is 1. The topological polar surface area (TPSA) is 12.0 Å². The summed E-state index contributed by atoms with van der Waals surface area (Å²) in [5, 5.41) is 3.46. The van der Waals surface area contributed by atoms with E-state index in [0.717, 1.165) is 6.04 Å². The van der Waals surface area contributed by atoms with Crippen LogP contribution in [-0.4, -0.2) is 17.4 Å². The normalized spacial score (nSPS) is 30.7. The molecule has 1 N–H and O–H groups in total. The fourth-order valence-corrected chi connectivity index (χ4v) is 1.80. The molecule has 0 aromatic heterocycles. The Morgan fingerprint density at radius 2 is 2.56 bits per heavy atom. The summed E-state index contributed by atoms with van der Waals surface area (Å²) in [4.78, 5) is 0.674. The van der Waals surface area contributed by atoms with Gasteiger partial charge in [-0.2, -0.15) is 0 Å². The number of rotatable bonds is 2. The second kappa shape index (κ2) is 3.57. The molecule has 0 bridgehead atoms. The lowest BCUT2D eigenvalue weighted by Crippen LogP contribution is -2.23. The Bertz CT molecular complexity index is 77.0. The number of hydrogen-bond acceptors (Lipinski definition) is 1. The summed E-state index contributed by atoms with van der Waals surface area (Å²) in [6.07, 6.45) is 4.01. The van der Waals surface area contributed by atoms with E-state index in [2.05, 4.69) is 28.2 Å². The largest absolute Gasteiger partial charge is 0.314 e. The van der Waals surface area contributed by atoms with Crippen LogP contribution in [0.15, 0.2) is 0 Å². The van der Waals surface area contributed by atoms with E-state index in [-0.39, 0.29) is 0 Å². The predicted octanol–water partition coefficient (Wildman–Crippen LogP) is 1.91. The molecule has 1 aliphatic heterocycles. The smallest absolute Gasteiger partial charge is 0.0132 e. The van der Waals surface area contributed by atoms with Crippen molar-refractivity contribution in [1.29, 1.82) is 0 Å². The van der Waals surface area contributed by atoms with Crippen LogP contribution in [0.25, 0.3) is 0 Å². The molecule has 1 fully saturated rings. The van der Waals surface area contributed by atoms with Crippen molar-refractivity contribution in [2.24, 2.45) is 0 Å². The SMILES string of the molecule is CC(Br)CC1CCCN1. The highest BCUT2D eigenvalue weighted by Crippen LogP contribution is 2.14. The molecule has 0 amide bonds. The van der Waals surface area contributed by atoms with Crippen LogP contribution in [0.3, 0.4) is 0 Å². The molecule has 1 aliphatic rings. The molecule has 0 aromatic carbocycles. The minimum Gasteiger partial charge on any atom is -0.314 e. The molecule has 54 valence electrons. The zero-order chi connectivity index (χ0) is 6.69. The summed E-state index contributed by atoms with van der Waals surface area (Å²) < 4.78 is 0. The van der Waals surface area contributed by atoms with Gasteiger partial charge in [0, 0.05) is 10.9 Å². The quantitative estimate of drug-likeness (QED) is 0.659. The summed E-state index contributed by atoms with van der Waals surface area (Å²) in [6.45, 7) is 3.43. The Balaban J connectivity index is 2.11. The van der Waals surface area contributed by atoms with Gasteiger partial charge in [0.05, 0.1) is 0 Å². The summed E-state index contributed by atoms with van der Waals surface area (Å²) >= 11 is 3.54. The third-order valence-electron chi connectivity index (χ3n) is 1.77. The molecule has 0 saturated carbocycles. The van der Waals surface area contributed by atoms with E-state index in [1.165, 1.54) is 25.8 Å². The molecule has 2 unspecified atom stereocenters. The van der Waals surface area contributed by atoms with E-state index >= 15 is 0 Å². The van der Waals surface area contributed by atoms with Gasteiger partial charge < -0.3 is 5.32 Å². The van der Waals surface area contributed by atoms with Crippen molar-refractivity contribution in [2.45, 2.75) is 37.1 Å². The van der Waals surface area contributed by atoms with Crippen LogP contribution < -0.4 is 5.32 Å². The highest BCUT2D eigenvalue weighted by atomic mass is 79.9. The Morgan fingerprint density at radius 1 is 1.78 bits per heavy atom. The van der Waals surface area contributed by atoms with E-state index in [4.69, 9.17) is 0 Å². The Labute approximate surface area is 65.3 Å². The van der Waals surface area contributed by atoms with Crippen LogP contribution in [0.2, 0.25) is 0 Å². The van der Waals surface area contributed by atoms with Crippen LogP contribution in [0.1, 0.15) is 26.2 Å². The zero-order valence-electron chi connectivity index (χ0n) is 5.86. The first-order valence-electron chi connectivity index (χ1n) is 3.66. The van der Waals surface area contributed by atoms with Gasteiger partial charge in [0.25, 0.3) is 0 Å². The molecule has 2 atom stereocenters. The molecular weight excluding hydrogens is 178 g/mol. The maximum atomic E-state index is 3.54. The standard InChI is InChI=1S/C7H14BrN/c1-6(8)5-7-3-2-4-9-7/h6-7,9H,2-5H2,1H3. The van der Waals surface area contributed by atoms with Gasteiger partial charge in [-0.15, -0.1) is 0 Å². The maximum Gasteiger partial charge on any atom is 0.0132 e. The number of hydrogen-bond donors (Lipinski definition) is 1. The molecule has 9 heavy (non-hydrogen) atoms. The van der Waals surface area contributed by atoms with Gasteiger partial charge >= 0.3 is 0 Å². The van der Waals surface area contributed by atoms with Crippen molar-refractivity contribution in [3.05, 3.63) is 0 Å². The highest BCUT2D eigenvalue weighted by Gasteiger charge is 2.14. The lowest BCUT2D eigenvalue weighted by molar-refractivity contribution is 0.561. The first kappa shape index (κ1) is 7.55. The van der Waals surface area contributed by atoms with Crippen molar-refractivity contribution in [2.75, 3.05) is 6.54 Å². The minimum atomic E-state index is 0.674. The fourth-order valence-electron chi connectivity index (χ4n) is 1.35. The summed E-state index contributed by atoms with van der Waals surface area (Å²) in [5.74, 6) is 0. The van der Waals surface area contributed by atoms with E-state index in [1.807, 2.05) is 0 Å². The molecule has 0 spiro atoms. The summed E-state index contributed by atoms with van der Waals surface area (Å²) in [7, 11) is 0. The number of nitrogens with one attached hydrogen (secondary N) is 1. The molecular formula is C7H14BrN. The zero-order valence-corrected chi connectivity index (χ0v) is 7.45. The van der Waals surface area contributed by atoms with Crippen LogP contribution >= 0.6 is 15.9 Å². The van der Waals surface area contributed by atoms with E-state index in [1.54, 1.807) is 0 Å². The first-order chi connectivity index (χ1) is 4.29. The van der Waals surface area contributed by atoms with Crippen LogP contribution in [0, 0.1) is 0 Å². The predicted molar refractivity (Wildman–Crippen MR) is 44.0 cm³/mol. The molecule has 1 rings (SSSR count). The second-order valence-corrected chi connectivity index (χ2v) is 4.37. The Morgan fingerprint density at radius 3 is 3.00 bits per heavy atom. The monoisotopic (exact) mass is 191 g/mol. The van der Waals surface area contributed by atoms with Crippen molar-refractivity contribution in [1.82, 2.24) is 5.32 Å². The molecule has 0 aromatic rings. The van der Waals surface area contributed by atoms with Crippen molar-refractivity contribution in [3.8, 4) is 0 Å². The van der Waals surface area contributed by atoms with Crippen LogP contribution in [0.5, 0.6) is 0 Å². The minimum absolute atomic E-state index is 0.674. The van der Waals surface area contributed by atoms with Gasteiger partial charge in [-0.05, 0) is 25.8 Å². The Hall–Kier alpha value is 0.440. The first-order valence-corrected chi connectivity index (χ1v) is 4.58. The molecule has 1 saturated heterocycles. The van der Waals surface area contributed by atoms with Crippen molar-refractivity contribution >= 4 is 15.9 Å². The van der Waals surface area contributed by atoms with Gasteiger partial charge in [-0.25, -0.2) is 0 Å². The van der Waals surface area contributed by atoms with Gasteiger partial charge in [0.1, 0.15) is 0 Å². The van der Waals surface area contributed by atoms with E-state index < -0.39 is 0 Å². The van der Waals surface area contributed by atoms with E-state index in [0.29, 0.717) is 4.83 Å². The molecule has 1 nitrogen and oxygen atoms in total. The molecule has 1 heterocycles. The second-order valence-electron chi connectivity index (χ2n) is 2.81. The average Bonchev–Trinajstić information content (AvgIpc) is 2.15. The summed E-state index contributed by atoms with van der Waals surface area (Å²) in [5.41, 5.74) is 0. The maximum absolute atomic E-state index is 3.54. The van der Waals surface area contributed by atoms with Crippen molar-refractivity contribution < 1.29 is 0 Å². The Kier molecular flexibility index (Phi) is 2.99. The van der Waals surface area contributed by atoms with Gasteiger partial charge in [0.15, 0.2) is 0 Å². The van der Waals surface area contributed by atoms with Gasteiger partial charge in [-0.3, -0.25) is 0 Å². The molecule has 2 heteroatoms. The highest BCUT2D eigenvalue weighted by molar-refractivity contribution is 9.09. The lowest BCUT2D eigenvalue weighted by atomic mass is 10.1. The summed E-state index contributed by atoms with van der Waals surface area (Å²) in [6, 6.07) is 0.791.